The van der Waals surface area contributed by atoms with Crippen LogP contribution in [0.2, 0.25) is 0 Å². The van der Waals surface area contributed by atoms with Crippen molar-refractivity contribution in [3.63, 3.8) is 0 Å². The van der Waals surface area contributed by atoms with Gasteiger partial charge in [0.05, 0.1) is 38.1 Å². The van der Waals surface area contributed by atoms with Crippen LogP contribution in [0.3, 0.4) is 0 Å². The van der Waals surface area contributed by atoms with Crippen molar-refractivity contribution in [2.24, 2.45) is 0 Å². The molecule has 2 aromatic rings. The van der Waals surface area contributed by atoms with Crippen LogP contribution in [-0.2, 0) is 9.53 Å². The van der Waals surface area contributed by atoms with Gasteiger partial charge < -0.3 is 24.3 Å². The number of urea groups is 1. The summed E-state index contributed by atoms with van der Waals surface area (Å²) >= 11 is 0. The Morgan fingerprint density at radius 1 is 1.09 bits per heavy atom. The molecule has 1 heterocycles. The molecule has 3 rings (SSSR count). The Labute approximate surface area is 194 Å². The second-order valence-electron chi connectivity index (χ2n) is 7.66. The summed E-state index contributed by atoms with van der Waals surface area (Å²) in [4.78, 5) is 27.4. The van der Waals surface area contributed by atoms with Crippen LogP contribution in [0, 0.1) is 13.8 Å². The van der Waals surface area contributed by atoms with E-state index in [2.05, 4.69) is 5.32 Å². The Kier molecular flexibility index (Phi) is 7.48. The lowest BCUT2D eigenvalue weighted by Crippen LogP contribution is -2.48. The first-order valence-electron chi connectivity index (χ1n) is 10.7. The van der Waals surface area contributed by atoms with Gasteiger partial charge in [0.15, 0.2) is 0 Å². The smallest absolute Gasteiger partial charge is 0.338 e. The molecule has 2 aromatic carbocycles. The maximum absolute atomic E-state index is 13.1. The van der Waals surface area contributed by atoms with Crippen molar-refractivity contribution >= 4 is 12.0 Å². The summed E-state index contributed by atoms with van der Waals surface area (Å²) in [5, 5.41) is 2.88. The van der Waals surface area contributed by atoms with Crippen LogP contribution in [0.15, 0.2) is 47.7 Å². The van der Waals surface area contributed by atoms with E-state index in [-0.39, 0.29) is 19.2 Å². The van der Waals surface area contributed by atoms with Crippen molar-refractivity contribution in [2.45, 2.75) is 26.8 Å². The summed E-state index contributed by atoms with van der Waals surface area (Å²) in [7, 11) is 4.67. The van der Waals surface area contributed by atoms with E-state index in [4.69, 9.17) is 18.9 Å². The number of nitrogens with one attached hydrogen (secondary N) is 1. The van der Waals surface area contributed by atoms with Crippen LogP contribution < -0.4 is 19.5 Å². The Hall–Kier alpha value is -3.68. The summed E-state index contributed by atoms with van der Waals surface area (Å²) in [6, 6.07) is 9.85. The molecule has 8 nitrogen and oxygen atoms in total. The van der Waals surface area contributed by atoms with Gasteiger partial charge in [0.25, 0.3) is 0 Å². The fraction of sp³-hybridized carbons (Fsp3) is 0.360. The number of hydrogen-bond acceptors (Lipinski definition) is 6. The molecular formula is C25H30N2O6. The highest BCUT2D eigenvalue weighted by atomic mass is 16.5. The molecule has 0 fully saturated rings. The van der Waals surface area contributed by atoms with Gasteiger partial charge in [0.2, 0.25) is 0 Å². The van der Waals surface area contributed by atoms with E-state index < -0.39 is 12.0 Å². The van der Waals surface area contributed by atoms with E-state index in [1.54, 1.807) is 32.2 Å². The molecule has 0 aliphatic carbocycles. The highest BCUT2D eigenvalue weighted by molar-refractivity contribution is 5.95. The second-order valence-corrected chi connectivity index (χ2v) is 7.66. The number of nitrogens with zero attached hydrogens (tertiary/aromatic N) is 1. The van der Waals surface area contributed by atoms with Gasteiger partial charge in [-0.3, -0.25) is 4.90 Å². The summed E-state index contributed by atoms with van der Waals surface area (Å²) in [6.07, 6.45) is 0. The van der Waals surface area contributed by atoms with Gasteiger partial charge in [-0.25, -0.2) is 9.59 Å². The van der Waals surface area contributed by atoms with Crippen LogP contribution >= 0.6 is 0 Å². The molecule has 2 amide bonds. The summed E-state index contributed by atoms with van der Waals surface area (Å²) in [5.41, 5.74) is 3.42. The van der Waals surface area contributed by atoms with E-state index in [0.29, 0.717) is 34.1 Å². The first-order chi connectivity index (χ1) is 15.8. The average Bonchev–Trinajstić information content (AvgIpc) is 2.81. The number of hydrogen-bond donors (Lipinski definition) is 1. The molecule has 0 spiro atoms. The van der Waals surface area contributed by atoms with Crippen LogP contribution in [0.1, 0.15) is 29.7 Å². The van der Waals surface area contributed by atoms with E-state index in [9.17, 15) is 9.59 Å². The molecule has 0 radical (unpaired) electrons. The van der Waals surface area contributed by atoms with Crippen molar-refractivity contribution in [3.8, 4) is 17.2 Å². The van der Waals surface area contributed by atoms with E-state index in [1.807, 2.05) is 32.0 Å². The minimum Gasteiger partial charge on any atom is -0.497 e. The molecule has 1 aliphatic heterocycles. The number of carbonyl (C=O) groups is 2. The molecule has 1 atom stereocenters. The monoisotopic (exact) mass is 454 g/mol. The third-order valence-corrected chi connectivity index (χ3v) is 5.70. The zero-order valence-corrected chi connectivity index (χ0v) is 19.9. The highest BCUT2D eigenvalue weighted by Crippen LogP contribution is 2.35. The van der Waals surface area contributed by atoms with Gasteiger partial charge in [-0.05, 0) is 55.7 Å². The normalized spacial score (nSPS) is 15.8. The Bertz CT molecular complexity index is 1060. The number of aryl methyl sites for hydroxylation is 1. The molecule has 0 saturated carbocycles. The molecule has 1 N–H and O–H groups in total. The van der Waals surface area contributed by atoms with Gasteiger partial charge in [0.1, 0.15) is 23.9 Å². The zero-order valence-electron chi connectivity index (χ0n) is 19.9. The van der Waals surface area contributed by atoms with Crippen LogP contribution in [-0.4, -0.2) is 51.4 Å². The highest BCUT2D eigenvalue weighted by Gasteiger charge is 2.37. The average molecular weight is 455 g/mol. The first kappa shape index (κ1) is 24.0. The largest absolute Gasteiger partial charge is 0.497 e. The molecule has 8 heteroatoms. The number of rotatable bonds is 8. The molecular weight excluding hydrogens is 424 g/mol. The zero-order chi connectivity index (χ0) is 24.1. The molecule has 0 unspecified atom stereocenters. The lowest BCUT2D eigenvalue weighted by atomic mass is 9.94. The number of amides is 2. The van der Waals surface area contributed by atoms with Crippen molar-refractivity contribution in [1.29, 1.82) is 0 Å². The number of likely N-dealkylation sites (N-methyl/N-ethyl adjacent to an activating group) is 1. The molecule has 1 aliphatic rings. The van der Waals surface area contributed by atoms with Gasteiger partial charge in [-0.1, -0.05) is 12.1 Å². The molecule has 0 aromatic heterocycles. The minimum atomic E-state index is -0.769. The number of benzene rings is 2. The quantitative estimate of drug-likeness (QED) is 0.609. The van der Waals surface area contributed by atoms with Crippen molar-refractivity contribution < 1.29 is 28.5 Å². The summed E-state index contributed by atoms with van der Waals surface area (Å²) in [6.45, 7) is 5.91. The number of ether oxygens (including phenoxy) is 4. The van der Waals surface area contributed by atoms with E-state index in [1.165, 1.54) is 19.1 Å². The molecule has 0 bridgehead atoms. The van der Waals surface area contributed by atoms with E-state index in [0.717, 1.165) is 11.1 Å². The molecule has 33 heavy (non-hydrogen) atoms. The third-order valence-electron chi connectivity index (χ3n) is 5.70. The predicted octanol–water partition coefficient (Wildman–Crippen LogP) is 3.91. The maximum Gasteiger partial charge on any atom is 0.338 e. The van der Waals surface area contributed by atoms with Crippen molar-refractivity contribution in [1.82, 2.24) is 10.2 Å². The van der Waals surface area contributed by atoms with Crippen molar-refractivity contribution in [3.05, 3.63) is 64.4 Å². The fourth-order valence-electron chi connectivity index (χ4n) is 3.65. The SMILES string of the molecule is CCOC(=O)C1=C(COc2cccc(C)c2C)N(C)C(=O)N[C@H]1c1cc(OC)cc(OC)c1. The summed E-state index contributed by atoms with van der Waals surface area (Å²) in [5.74, 6) is 1.23. The van der Waals surface area contributed by atoms with Crippen LogP contribution in [0.4, 0.5) is 4.79 Å². The number of carbonyl (C=O) groups excluding carboxylic acids is 2. The Morgan fingerprint density at radius 2 is 1.76 bits per heavy atom. The summed E-state index contributed by atoms with van der Waals surface area (Å²) < 4.78 is 22.2. The third kappa shape index (κ3) is 5.05. The van der Waals surface area contributed by atoms with Crippen LogP contribution in [0.5, 0.6) is 17.2 Å². The van der Waals surface area contributed by atoms with Crippen molar-refractivity contribution in [2.75, 3.05) is 34.5 Å². The minimum absolute atomic E-state index is 0.0139. The topological polar surface area (TPSA) is 86.3 Å². The standard InChI is InChI=1S/C25H30N2O6/c1-7-32-24(28)22-20(14-33-21-10-8-9-15(2)16(21)3)27(4)25(29)26-23(22)17-11-18(30-5)13-19(12-17)31-6/h8-13,23H,7,14H2,1-6H3,(H,26,29)/t23-/m0/s1. The van der Waals surface area contributed by atoms with Gasteiger partial charge in [0, 0.05) is 13.1 Å². The van der Waals surface area contributed by atoms with Crippen LogP contribution in [0.25, 0.3) is 0 Å². The first-order valence-corrected chi connectivity index (χ1v) is 10.7. The second kappa shape index (κ2) is 10.3. The van der Waals surface area contributed by atoms with Gasteiger partial charge in [-0.2, -0.15) is 0 Å². The maximum atomic E-state index is 13.1. The molecule has 0 saturated heterocycles. The lowest BCUT2D eigenvalue weighted by Gasteiger charge is -2.34. The van der Waals surface area contributed by atoms with Gasteiger partial charge in [-0.15, -0.1) is 0 Å². The number of esters is 1. The fourth-order valence-corrected chi connectivity index (χ4v) is 3.65. The predicted molar refractivity (Wildman–Crippen MR) is 124 cm³/mol. The Morgan fingerprint density at radius 3 is 2.36 bits per heavy atom. The lowest BCUT2D eigenvalue weighted by molar-refractivity contribution is -0.139. The van der Waals surface area contributed by atoms with Gasteiger partial charge >= 0.3 is 12.0 Å². The Balaban J connectivity index is 2.11. The number of methoxy groups -OCH3 is 2. The van der Waals surface area contributed by atoms with E-state index >= 15 is 0 Å². The molecule has 176 valence electrons.